The Balaban J connectivity index is -0.000000109. The van der Waals surface area contributed by atoms with Crippen molar-refractivity contribution in [3.63, 3.8) is 0 Å². The van der Waals surface area contributed by atoms with Crippen molar-refractivity contribution in [1.82, 2.24) is 0 Å². The van der Waals surface area contributed by atoms with E-state index in [-0.39, 0.29) is 6.42 Å². The van der Waals surface area contributed by atoms with Crippen LogP contribution in [0.15, 0.2) is 0 Å². The van der Waals surface area contributed by atoms with Gasteiger partial charge in [0, 0.05) is 20.0 Å². The van der Waals surface area contributed by atoms with Crippen molar-refractivity contribution in [1.29, 1.82) is 5.26 Å². The largest absolute Gasteiger partial charge is 0.550 e. The first-order valence-corrected chi connectivity index (χ1v) is 3.14. The van der Waals surface area contributed by atoms with Gasteiger partial charge >= 0.3 is 0 Å². The average Bonchev–Trinajstić information content (AvgIpc) is 1.93. The van der Waals surface area contributed by atoms with Crippen molar-refractivity contribution in [2.75, 3.05) is 7.11 Å². The van der Waals surface area contributed by atoms with Crippen LogP contribution < -0.4 is 5.11 Å². The van der Waals surface area contributed by atoms with Crippen molar-refractivity contribution in [2.24, 2.45) is 0 Å². The highest BCUT2D eigenvalue weighted by Gasteiger charge is 1.75. The Labute approximate surface area is 67.1 Å². The van der Waals surface area contributed by atoms with Crippen molar-refractivity contribution >= 4 is 5.97 Å². The van der Waals surface area contributed by atoms with Crippen molar-refractivity contribution < 1.29 is 15.0 Å². The van der Waals surface area contributed by atoms with Crippen LogP contribution in [0.1, 0.15) is 26.7 Å². The molecule has 0 radical (unpaired) electrons. The SMILES string of the molecule is CC#N.CCCC(=O)[O-].CO. The quantitative estimate of drug-likeness (QED) is 0.599. The second-order valence-corrected chi connectivity index (χ2v) is 1.35. The summed E-state index contributed by atoms with van der Waals surface area (Å²) in [6.45, 7) is 3.23. The second-order valence-electron chi connectivity index (χ2n) is 1.35. The van der Waals surface area contributed by atoms with E-state index in [1.54, 1.807) is 13.0 Å². The van der Waals surface area contributed by atoms with Crippen LogP contribution in [-0.4, -0.2) is 18.2 Å². The predicted molar refractivity (Wildman–Crippen MR) is 39.3 cm³/mol. The number of aliphatic hydroxyl groups is 1. The molecule has 0 atom stereocenters. The molecule has 0 aromatic rings. The lowest BCUT2D eigenvalue weighted by Crippen LogP contribution is -2.20. The molecule has 0 aliphatic heterocycles. The number of nitrogens with zero attached hydrogens (tertiary/aromatic N) is 1. The van der Waals surface area contributed by atoms with Crippen LogP contribution >= 0.6 is 0 Å². The molecule has 0 fully saturated rings. The molecule has 0 saturated carbocycles. The Morgan fingerprint density at radius 3 is 1.91 bits per heavy atom. The fourth-order valence-electron chi connectivity index (χ4n) is 0.204. The third-order valence-corrected chi connectivity index (χ3v) is 0.454. The average molecular weight is 160 g/mol. The number of carboxylic acids is 1. The van der Waals surface area contributed by atoms with Gasteiger partial charge in [-0.15, -0.1) is 0 Å². The third kappa shape index (κ3) is 116. The van der Waals surface area contributed by atoms with Gasteiger partial charge in [0.05, 0.1) is 6.07 Å². The van der Waals surface area contributed by atoms with Gasteiger partial charge in [0.2, 0.25) is 0 Å². The zero-order chi connectivity index (χ0) is 9.70. The number of carbonyl (C=O) groups is 1. The summed E-state index contributed by atoms with van der Waals surface area (Å²) in [6.07, 6.45) is 0.850. The van der Waals surface area contributed by atoms with Gasteiger partial charge in [0.25, 0.3) is 0 Å². The lowest BCUT2D eigenvalue weighted by molar-refractivity contribution is -0.305. The molecule has 4 nitrogen and oxygen atoms in total. The highest BCUT2D eigenvalue weighted by atomic mass is 16.4. The number of rotatable bonds is 2. The molecule has 0 amide bonds. The van der Waals surface area contributed by atoms with Gasteiger partial charge in [-0.05, 0) is 6.42 Å². The molecule has 0 aliphatic rings. The summed E-state index contributed by atoms with van der Waals surface area (Å²) in [5, 5.41) is 23.8. The van der Waals surface area contributed by atoms with Gasteiger partial charge in [-0.25, -0.2) is 0 Å². The molecule has 1 N–H and O–H groups in total. The Morgan fingerprint density at radius 1 is 1.64 bits per heavy atom. The Morgan fingerprint density at radius 2 is 1.91 bits per heavy atom. The van der Waals surface area contributed by atoms with Crippen LogP contribution in [0.5, 0.6) is 0 Å². The zero-order valence-corrected chi connectivity index (χ0v) is 7.13. The van der Waals surface area contributed by atoms with E-state index in [0.717, 1.165) is 7.11 Å². The predicted octanol–water partition coefficient (Wildman–Crippen LogP) is -0.325. The lowest BCUT2D eigenvalue weighted by Gasteiger charge is -1.92. The molecular formula is C7H14NO3-. The van der Waals surface area contributed by atoms with Crippen LogP contribution in [0.4, 0.5) is 0 Å². The number of aliphatic hydroxyl groups excluding tert-OH is 1. The van der Waals surface area contributed by atoms with Gasteiger partial charge in [-0.1, -0.05) is 13.3 Å². The minimum Gasteiger partial charge on any atom is -0.550 e. The minimum absolute atomic E-state index is 0.181. The Bertz CT molecular complexity index is 107. The number of nitriles is 1. The molecule has 0 aromatic carbocycles. The van der Waals surface area contributed by atoms with E-state index in [4.69, 9.17) is 10.4 Å². The molecule has 0 rings (SSSR count). The number of carbonyl (C=O) groups excluding carboxylic acids is 1. The number of carboxylic acid groups (broad SMARTS) is 1. The summed E-state index contributed by atoms with van der Waals surface area (Å²) in [6, 6.07) is 1.75. The van der Waals surface area contributed by atoms with E-state index in [2.05, 4.69) is 0 Å². The topological polar surface area (TPSA) is 84.2 Å². The molecule has 0 aliphatic carbocycles. The van der Waals surface area contributed by atoms with Gasteiger partial charge in [0.1, 0.15) is 0 Å². The molecule has 11 heavy (non-hydrogen) atoms. The maximum atomic E-state index is 9.49. The molecule has 0 saturated heterocycles. The Hall–Kier alpha value is -1.08. The van der Waals surface area contributed by atoms with Gasteiger partial charge in [-0.2, -0.15) is 5.26 Å². The molecule has 0 heterocycles. The normalized spacial score (nSPS) is 5.73. The van der Waals surface area contributed by atoms with E-state index in [9.17, 15) is 9.90 Å². The maximum Gasteiger partial charge on any atom is 0.0587 e. The van der Waals surface area contributed by atoms with E-state index >= 15 is 0 Å². The number of hydrogen-bond donors (Lipinski definition) is 1. The minimum atomic E-state index is -0.961. The maximum absolute atomic E-state index is 9.49. The van der Waals surface area contributed by atoms with E-state index in [1.165, 1.54) is 6.92 Å². The summed E-state index contributed by atoms with van der Waals surface area (Å²) in [5.74, 6) is -0.961. The van der Waals surface area contributed by atoms with Crippen LogP contribution in [0.2, 0.25) is 0 Å². The summed E-state index contributed by atoms with van der Waals surface area (Å²) >= 11 is 0. The molecule has 4 heteroatoms. The summed E-state index contributed by atoms with van der Waals surface area (Å²) in [7, 11) is 1.00. The number of hydrogen-bond acceptors (Lipinski definition) is 4. The van der Waals surface area contributed by atoms with Crippen LogP contribution in [-0.2, 0) is 4.79 Å². The first-order chi connectivity index (χ1) is 5.18. The first-order valence-electron chi connectivity index (χ1n) is 3.14. The third-order valence-electron chi connectivity index (χ3n) is 0.454. The first kappa shape index (κ1) is 16.5. The molecule has 0 unspecified atom stereocenters. The van der Waals surface area contributed by atoms with Crippen molar-refractivity contribution in [3.8, 4) is 6.07 Å². The lowest BCUT2D eigenvalue weighted by atomic mass is 10.4. The zero-order valence-electron chi connectivity index (χ0n) is 7.13. The van der Waals surface area contributed by atoms with Gasteiger partial charge in [0.15, 0.2) is 0 Å². The smallest absolute Gasteiger partial charge is 0.0587 e. The molecule has 0 spiro atoms. The molecular weight excluding hydrogens is 146 g/mol. The summed E-state index contributed by atoms with van der Waals surface area (Å²) in [4.78, 5) is 9.49. The molecule has 0 aromatic heterocycles. The van der Waals surface area contributed by atoms with E-state index in [0.29, 0.717) is 6.42 Å². The second kappa shape index (κ2) is 23.1. The standard InChI is InChI=1S/C4H8O2.C2H3N.CH4O/c1-2-3-4(5)6;1-2-3;1-2/h2-3H2,1H3,(H,5,6);1H3;2H,1H3/p-1. The van der Waals surface area contributed by atoms with Crippen molar-refractivity contribution in [3.05, 3.63) is 0 Å². The van der Waals surface area contributed by atoms with Crippen molar-refractivity contribution in [2.45, 2.75) is 26.7 Å². The highest BCUT2D eigenvalue weighted by Crippen LogP contribution is 1.79. The Kier molecular flexibility index (Phi) is 34.6. The van der Waals surface area contributed by atoms with Gasteiger partial charge in [-0.3, -0.25) is 0 Å². The van der Waals surface area contributed by atoms with E-state index < -0.39 is 5.97 Å². The number of aliphatic carboxylic acids is 1. The van der Waals surface area contributed by atoms with Crippen LogP contribution in [0.3, 0.4) is 0 Å². The van der Waals surface area contributed by atoms with Crippen LogP contribution in [0, 0.1) is 11.3 Å². The summed E-state index contributed by atoms with van der Waals surface area (Å²) in [5.41, 5.74) is 0. The molecule has 66 valence electrons. The summed E-state index contributed by atoms with van der Waals surface area (Å²) < 4.78 is 0. The fraction of sp³-hybridized carbons (Fsp3) is 0.714. The van der Waals surface area contributed by atoms with E-state index in [1.807, 2.05) is 0 Å². The van der Waals surface area contributed by atoms with Gasteiger partial charge < -0.3 is 15.0 Å². The molecule has 0 bridgehead atoms. The monoisotopic (exact) mass is 160 g/mol. The van der Waals surface area contributed by atoms with Crippen LogP contribution in [0.25, 0.3) is 0 Å². The highest BCUT2D eigenvalue weighted by molar-refractivity contribution is 5.63. The fourth-order valence-corrected chi connectivity index (χ4v) is 0.204.